The van der Waals surface area contributed by atoms with Gasteiger partial charge in [0, 0.05) is 4.88 Å². The van der Waals surface area contributed by atoms with Crippen LogP contribution in [-0.2, 0) is 11.3 Å². The van der Waals surface area contributed by atoms with E-state index in [1.807, 2.05) is 0 Å². The molecule has 0 fully saturated rings. The molecule has 1 rings (SSSR count). The summed E-state index contributed by atoms with van der Waals surface area (Å²) in [6, 6.07) is 0. The lowest BCUT2D eigenvalue weighted by Gasteiger charge is -2.26. The molecule has 0 aliphatic heterocycles. The van der Waals surface area contributed by atoms with Gasteiger partial charge in [0.15, 0.2) is 5.54 Å². The van der Waals surface area contributed by atoms with Crippen LogP contribution in [0.1, 0.15) is 17.5 Å². The smallest absolute Gasteiger partial charge is 0.349 e. The number of carbonyl (C=O) groups excluding carboxylic acids is 1. The van der Waals surface area contributed by atoms with Crippen LogP contribution in [0, 0.1) is 6.92 Å². The second-order valence-electron chi connectivity index (χ2n) is 3.74. The van der Waals surface area contributed by atoms with Crippen LogP contribution in [0.25, 0.3) is 0 Å². The Morgan fingerprint density at radius 1 is 1.59 bits per heavy atom. The largest absolute Gasteiger partial charge is 0.415 e. The van der Waals surface area contributed by atoms with E-state index < -0.39 is 17.6 Å². The standard InChI is InChI=1S/C9H12F3N3OS/c1-5-6(17-4-15-5)3-14-7(16)8(2,13)9(10,11)12/h4H,3,13H2,1-2H3,(H,14,16). The van der Waals surface area contributed by atoms with Crippen LogP contribution >= 0.6 is 11.3 Å². The molecule has 0 spiro atoms. The molecule has 0 aromatic carbocycles. The minimum absolute atomic E-state index is 0.00178. The third-order valence-corrected chi connectivity index (χ3v) is 3.25. The maximum atomic E-state index is 12.4. The van der Waals surface area contributed by atoms with E-state index in [1.165, 1.54) is 11.3 Å². The number of halogens is 3. The van der Waals surface area contributed by atoms with Gasteiger partial charge in [-0.25, -0.2) is 4.98 Å². The average molecular weight is 267 g/mol. The Labute approximate surface area is 100 Å². The first-order chi connectivity index (χ1) is 7.66. The van der Waals surface area contributed by atoms with Crippen molar-refractivity contribution in [2.75, 3.05) is 0 Å². The zero-order chi connectivity index (χ0) is 13.3. The van der Waals surface area contributed by atoms with Gasteiger partial charge in [0.05, 0.1) is 17.7 Å². The summed E-state index contributed by atoms with van der Waals surface area (Å²) in [4.78, 5) is 16.0. The lowest BCUT2D eigenvalue weighted by molar-refractivity contribution is -0.187. The van der Waals surface area contributed by atoms with Crippen molar-refractivity contribution in [1.29, 1.82) is 0 Å². The molecule has 1 atom stereocenters. The fraction of sp³-hybridized carbons (Fsp3) is 0.556. The minimum Gasteiger partial charge on any atom is -0.349 e. The van der Waals surface area contributed by atoms with Gasteiger partial charge in [0.2, 0.25) is 5.91 Å². The van der Waals surface area contributed by atoms with Crippen molar-refractivity contribution < 1.29 is 18.0 Å². The lowest BCUT2D eigenvalue weighted by atomic mass is 10.0. The van der Waals surface area contributed by atoms with Crippen LogP contribution in [0.4, 0.5) is 13.2 Å². The first-order valence-electron chi connectivity index (χ1n) is 4.69. The number of thiazole rings is 1. The molecule has 8 heteroatoms. The van der Waals surface area contributed by atoms with Gasteiger partial charge in [0.1, 0.15) is 0 Å². The summed E-state index contributed by atoms with van der Waals surface area (Å²) in [6.07, 6.45) is -4.78. The van der Waals surface area contributed by atoms with Gasteiger partial charge in [-0.1, -0.05) is 0 Å². The summed E-state index contributed by atoms with van der Waals surface area (Å²) in [5.74, 6) is -1.25. The summed E-state index contributed by atoms with van der Waals surface area (Å²) in [6.45, 7) is 2.35. The van der Waals surface area contributed by atoms with Crippen LogP contribution in [-0.4, -0.2) is 22.6 Å². The monoisotopic (exact) mass is 267 g/mol. The van der Waals surface area contributed by atoms with Gasteiger partial charge >= 0.3 is 6.18 Å². The lowest BCUT2D eigenvalue weighted by Crippen LogP contribution is -2.61. The first-order valence-corrected chi connectivity index (χ1v) is 5.57. The summed E-state index contributed by atoms with van der Waals surface area (Å²) in [5, 5.41) is 2.16. The van der Waals surface area contributed by atoms with Gasteiger partial charge in [-0.05, 0) is 13.8 Å². The highest BCUT2D eigenvalue weighted by Gasteiger charge is 2.53. The average Bonchev–Trinajstić information content (AvgIpc) is 2.58. The Morgan fingerprint density at radius 3 is 2.59 bits per heavy atom. The maximum Gasteiger partial charge on any atom is 0.415 e. The Morgan fingerprint density at radius 2 is 2.18 bits per heavy atom. The number of amides is 1. The van der Waals surface area contributed by atoms with Crippen molar-refractivity contribution in [3.05, 3.63) is 16.1 Å². The molecule has 0 saturated carbocycles. The van der Waals surface area contributed by atoms with Crippen molar-refractivity contribution in [3.8, 4) is 0 Å². The van der Waals surface area contributed by atoms with E-state index in [9.17, 15) is 18.0 Å². The fourth-order valence-electron chi connectivity index (χ4n) is 0.969. The summed E-state index contributed by atoms with van der Waals surface area (Å²) in [5.41, 5.74) is 4.32. The molecule has 96 valence electrons. The topological polar surface area (TPSA) is 68.0 Å². The minimum atomic E-state index is -4.78. The van der Waals surface area contributed by atoms with Gasteiger partial charge < -0.3 is 11.1 Å². The molecule has 0 saturated heterocycles. The molecule has 17 heavy (non-hydrogen) atoms. The summed E-state index contributed by atoms with van der Waals surface area (Å²) >= 11 is 1.26. The van der Waals surface area contributed by atoms with E-state index in [0.29, 0.717) is 17.5 Å². The third kappa shape index (κ3) is 2.95. The number of rotatable bonds is 3. The zero-order valence-corrected chi connectivity index (χ0v) is 10.1. The normalized spacial score (nSPS) is 15.4. The number of aryl methyl sites for hydroxylation is 1. The van der Waals surface area contributed by atoms with E-state index in [-0.39, 0.29) is 6.54 Å². The number of nitrogens with one attached hydrogen (secondary N) is 1. The van der Waals surface area contributed by atoms with Crippen LogP contribution in [0.5, 0.6) is 0 Å². The molecule has 0 aliphatic carbocycles. The molecular formula is C9H12F3N3OS. The molecule has 3 N–H and O–H groups in total. The number of carbonyl (C=O) groups is 1. The van der Waals surface area contributed by atoms with Crippen molar-refractivity contribution in [2.24, 2.45) is 5.73 Å². The molecule has 1 heterocycles. The van der Waals surface area contributed by atoms with E-state index in [2.05, 4.69) is 10.3 Å². The Bertz CT molecular complexity index is 414. The van der Waals surface area contributed by atoms with E-state index in [1.54, 1.807) is 12.4 Å². The summed E-state index contributed by atoms with van der Waals surface area (Å²) < 4.78 is 37.3. The molecule has 1 amide bonds. The van der Waals surface area contributed by atoms with Crippen LogP contribution < -0.4 is 11.1 Å². The molecule has 4 nitrogen and oxygen atoms in total. The van der Waals surface area contributed by atoms with E-state index in [4.69, 9.17) is 5.73 Å². The first kappa shape index (κ1) is 13.9. The molecular weight excluding hydrogens is 255 g/mol. The molecule has 1 aromatic heterocycles. The van der Waals surface area contributed by atoms with Gasteiger partial charge in [0.25, 0.3) is 0 Å². The number of hydrogen-bond donors (Lipinski definition) is 2. The highest BCUT2D eigenvalue weighted by molar-refractivity contribution is 7.09. The van der Waals surface area contributed by atoms with Crippen LogP contribution in [0.2, 0.25) is 0 Å². The van der Waals surface area contributed by atoms with E-state index in [0.717, 1.165) is 0 Å². The summed E-state index contributed by atoms with van der Waals surface area (Å²) in [7, 11) is 0. The van der Waals surface area contributed by atoms with E-state index >= 15 is 0 Å². The Balaban J connectivity index is 2.65. The number of aromatic nitrogens is 1. The molecule has 0 bridgehead atoms. The predicted octanol–water partition coefficient (Wildman–Crippen LogP) is 1.35. The van der Waals surface area contributed by atoms with Crippen LogP contribution in [0.3, 0.4) is 0 Å². The second-order valence-corrected chi connectivity index (χ2v) is 4.68. The van der Waals surface area contributed by atoms with Crippen molar-refractivity contribution in [1.82, 2.24) is 10.3 Å². The number of alkyl halides is 3. The number of hydrogen-bond acceptors (Lipinski definition) is 4. The van der Waals surface area contributed by atoms with Crippen molar-refractivity contribution in [2.45, 2.75) is 32.1 Å². The van der Waals surface area contributed by atoms with Crippen LogP contribution in [0.15, 0.2) is 5.51 Å². The molecule has 0 aliphatic rings. The van der Waals surface area contributed by atoms with Gasteiger partial charge in [-0.2, -0.15) is 13.2 Å². The zero-order valence-electron chi connectivity index (χ0n) is 9.26. The van der Waals surface area contributed by atoms with Crippen molar-refractivity contribution >= 4 is 17.2 Å². The highest BCUT2D eigenvalue weighted by atomic mass is 32.1. The van der Waals surface area contributed by atoms with Gasteiger partial charge in [-0.3, -0.25) is 4.79 Å². The number of nitrogens with zero attached hydrogens (tertiary/aromatic N) is 1. The fourth-order valence-corrected chi connectivity index (χ4v) is 1.69. The predicted molar refractivity (Wildman–Crippen MR) is 57.3 cm³/mol. The highest BCUT2D eigenvalue weighted by Crippen LogP contribution is 2.28. The Kier molecular flexibility index (Phi) is 3.78. The quantitative estimate of drug-likeness (QED) is 0.868. The molecule has 1 unspecified atom stereocenters. The molecule has 0 radical (unpaired) electrons. The second kappa shape index (κ2) is 4.61. The molecule has 1 aromatic rings. The SMILES string of the molecule is Cc1ncsc1CNC(=O)C(C)(N)C(F)(F)F. The van der Waals surface area contributed by atoms with Crippen molar-refractivity contribution in [3.63, 3.8) is 0 Å². The Hall–Kier alpha value is -1.15. The van der Waals surface area contributed by atoms with Gasteiger partial charge in [-0.15, -0.1) is 11.3 Å². The third-order valence-electron chi connectivity index (χ3n) is 2.31. The number of nitrogens with two attached hydrogens (primary N) is 1. The maximum absolute atomic E-state index is 12.4.